The molecule has 1 aromatic heterocycles. The summed E-state index contributed by atoms with van der Waals surface area (Å²) < 4.78 is 2.33. The maximum Gasteiger partial charge on any atom is 0.0722 e. The Labute approximate surface area is 331 Å². The molecule has 0 saturated carbocycles. The van der Waals surface area contributed by atoms with Crippen molar-refractivity contribution in [2.45, 2.75) is 6.42 Å². The highest BCUT2D eigenvalue weighted by atomic mass is 15.4. The molecule has 0 radical (unpaired) electrons. The number of hydrogen-bond donors (Lipinski definition) is 1. The number of hydrogen-bond acceptors (Lipinski definition) is 1. The molecule has 0 aliphatic rings. The van der Waals surface area contributed by atoms with Crippen molar-refractivity contribution in [3.05, 3.63) is 223 Å². The molecule has 11 aromatic rings. The molecule has 0 bridgehead atoms. The molecule has 10 aromatic carbocycles. The van der Waals surface area contributed by atoms with Crippen LogP contribution in [0.2, 0.25) is 0 Å². The summed E-state index contributed by atoms with van der Waals surface area (Å²) in [6.07, 6.45) is 0.806. The van der Waals surface area contributed by atoms with Crippen LogP contribution in [0.1, 0.15) is 11.1 Å². The molecule has 11 rings (SSSR count). The first-order valence-corrected chi connectivity index (χ1v) is 19.7. The van der Waals surface area contributed by atoms with Crippen LogP contribution in [0.5, 0.6) is 0 Å². The highest BCUT2D eigenvalue weighted by molar-refractivity contribution is 6.30. The fraction of sp³-hybridized carbons (Fsp3) is 0.0182. The summed E-state index contributed by atoms with van der Waals surface area (Å²) in [6.45, 7) is 0. The molecule has 0 atom stereocenters. The van der Waals surface area contributed by atoms with E-state index in [1.54, 1.807) is 0 Å². The minimum atomic E-state index is 0.806. The van der Waals surface area contributed by atoms with Crippen molar-refractivity contribution in [2.75, 3.05) is 5.43 Å². The van der Waals surface area contributed by atoms with Gasteiger partial charge in [0.05, 0.1) is 16.7 Å². The van der Waals surface area contributed by atoms with E-state index < -0.39 is 0 Å². The highest BCUT2D eigenvalue weighted by Crippen LogP contribution is 2.44. The molecular formula is C55H38N2. The Morgan fingerprint density at radius 1 is 0.351 bits per heavy atom. The molecule has 0 amide bonds. The van der Waals surface area contributed by atoms with E-state index in [9.17, 15) is 0 Å². The van der Waals surface area contributed by atoms with Gasteiger partial charge in [-0.05, 0) is 101 Å². The average Bonchev–Trinajstić information content (AvgIpc) is 3.60. The van der Waals surface area contributed by atoms with E-state index >= 15 is 0 Å². The summed E-state index contributed by atoms with van der Waals surface area (Å²) in [4.78, 5) is 0. The molecular weight excluding hydrogens is 689 g/mol. The van der Waals surface area contributed by atoms with E-state index in [2.05, 4.69) is 222 Å². The van der Waals surface area contributed by atoms with Gasteiger partial charge in [0.15, 0.2) is 0 Å². The van der Waals surface area contributed by atoms with Crippen molar-refractivity contribution in [3.63, 3.8) is 0 Å². The maximum absolute atomic E-state index is 3.98. The van der Waals surface area contributed by atoms with E-state index in [-0.39, 0.29) is 0 Å². The summed E-state index contributed by atoms with van der Waals surface area (Å²) in [6, 6.07) is 77.2. The molecule has 1 heterocycles. The Balaban J connectivity index is 1.02. The third-order valence-corrected chi connectivity index (χ3v) is 11.7. The molecule has 0 aliphatic heterocycles. The number of anilines is 1. The third kappa shape index (κ3) is 5.73. The van der Waals surface area contributed by atoms with Crippen molar-refractivity contribution < 1.29 is 0 Å². The molecule has 0 saturated heterocycles. The van der Waals surface area contributed by atoms with Crippen molar-refractivity contribution >= 4 is 59.8 Å². The lowest BCUT2D eigenvalue weighted by Gasteiger charge is -2.17. The predicted molar refractivity (Wildman–Crippen MR) is 243 cm³/mol. The summed E-state index contributed by atoms with van der Waals surface area (Å²) in [5.41, 5.74) is 17.3. The second kappa shape index (κ2) is 13.7. The third-order valence-electron chi connectivity index (χ3n) is 11.7. The topological polar surface area (TPSA) is 17.0 Å². The molecule has 1 N–H and O–H groups in total. The number of rotatable bonds is 7. The van der Waals surface area contributed by atoms with Crippen molar-refractivity contribution in [1.82, 2.24) is 4.68 Å². The van der Waals surface area contributed by atoms with E-state index in [0.717, 1.165) is 23.1 Å². The molecule has 0 aliphatic carbocycles. The van der Waals surface area contributed by atoms with Gasteiger partial charge in [0.25, 0.3) is 0 Å². The Morgan fingerprint density at radius 2 is 0.895 bits per heavy atom. The number of fused-ring (bicyclic) bond motifs is 8. The quantitative estimate of drug-likeness (QED) is 0.173. The molecule has 2 nitrogen and oxygen atoms in total. The average molecular weight is 727 g/mol. The first kappa shape index (κ1) is 33.0. The lowest BCUT2D eigenvalue weighted by atomic mass is 9.91. The zero-order valence-electron chi connectivity index (χ0n) is 31.4. The molecule has 0 spiro atoms. The molecule has 268 valence electrons. The monoisotopic (exact) mass is 726 g/mol. The molecule has 57 heavy (non-hydrogen) atoms. The van der Waals surface area contributed by atoms with Gasteiger partial charge in [0, 0.05) is 10.8 Å². The van der Waals surface area contributed by atoms with Gasteiger partial charge < -0.3 is 0 Å². The van der Waals surface area contributed by atoms with E-state index in [1.165, 1.54) is 87.6 Å². The summed E-state index contributed by atoms with van der Waals surface area (Å²) in [7, 11) is 0. The number of nitrogens with zero attached hydrogens (tertiary/aromatic N) is 1. The Morgan fingerprint density at radius 3 is 1.65 bits per heavy atom. The van der Waals surface area contributed by atoms with Crippen LogP contribution in [-0.4, -0.2) is 4.68 Å². The van der Waals surface area contributed by atoms with E-state index in [4.69, 9.17) is 0 Å². The van der Waals surface area contributed by atoms with Crippen molar-refractivity contribution in [1.29, 1.82) is 0 Å². The highest BCUT2D eigenvalue weighted by Gasteiger charge is 2.20. The van der Waals surface area contributed by atoms with Crippen molar-refractivity contribution in [3.8, 4) is 33.4 Å². The fourth-order valence-corrected chi connectivity index (χ4v) is 8.87. The minimum absolute atomic E-state index is 0.806. The zero-order chi connectivity index (χ0) is 37.7. The second-order valence-electron chi connectivity index (χ2n) is 15.0. The standard InChI is InChI=1S/C55H38N2/c1-2-13-38(14-3-1)40-29-31-41(32-30-40)39-27-25-37(26-28-39)35-44-17-6-11-24-51(44)56-57-52-34-33-43-16-5-8-20-46(43)54(52)55-49-22-10-9-21-48(49)50(36-53(55)57)47-23-12-18-42-15-4-7-19-45(42)47/h1-34,36,56H,35H2. The van der Waals surface area contributed by atoms with Crippen LogP contribution in [-0.2, 0) is 6.42 Å². The lowest BCUT2D eigenvalue weighted by Crippen LogP contribution is -2.10. The summed E-state index contributed by atoms with van der Waals surface area (Å²) >= 11 is 0. The van der Waals surface area contributed by atoms with Crippen LogP contribution in [0.15, 0.2) is 212 Å². The Kier molecular flexibility index (Phi) is 7.93. The van der Waals surface area contributed by atoms with Gasteiger partial charge in [-0.15, -0.1) is 0 Å². The van der Waals surface area contributed by atoms with Gasteiger partial charge >= 0.3 is 0 Å². The normalized spacial score (nSPS) is 11.6. The smallest absolute Gasteiger partial charge is 0.0722 e. The van der Waals surface area contributed by atoms with Crippen LogP contribution in [0.4, 0.5) is 5.69 Å². The number of para-hydroxylation sites is 1. The van der Waals surface area contributed by atoms with Crippen LogP contribution >= 0.6 is 0 Å². The van der Waals surface area contributed by atoms with Gasteiger partial charge in [-0.1, -0.05) is 194 Å². The van der Waals surface area contributed by atoms with Crippen LogP contribution in [0, 0.1) is 0 Å². The number of benzene rings is 10. The first-order valence-electron chi connectivity index (χ1n) is 19.7. The fourth-order valence-electron chi connectivity index (χ4n) is 8.87. The number of aromatic nitrogens is 1. The molecule has 2 heteroatoms. The van der Waals surface area contributed by atoms with Gasteiger partial charge in [-0.2, -0.15) is 0 Å². The van der Waals surface area contributed by atoms with Crippen LogP contribution < -0.4 is 5.43 Å². The second-order valence-corrected chi connectivity index (χ2v) is 15.0. The van der Waals surface area contributed by atoms with Gasteiger partial charge in [-0.3, -0.25) is 10.1 Å². The zero-order valence-corrected chi connectivity index (χ0v) is 31.4. The van der Waals surface area contributed by atoms with Gasteiger partial charge in [-0.25, -0.2) is 0 Å². The largest absolute Gasteiger partial charge is 0.293 e. The molecule has 0 unspecified atom stereocenters. The lowest BCUT2D eigenvalue weighted by molar-refractivity contribution is 1.04. The van der Waals surface area contributed by atoms with E-state index in [0.29, 0.717) is 0 Å². The number of nitrogens with one attached hydrogen (secondary N) is 1. The van der Waals surface area contributed by atoms with Gasteiger partial charge in [0.1, 0.15) is 0 Å². The first-order chi connectivity index (χ1) is 28.3. The molecule has 0 fully saturated rings. The van der Waals surface area contributed by atoms with E-state index in [1.807, 2.05) is 0 Å². The van der Waals surface area contributed by atoms with Crippen LogP contribution in [0.25, 0.3) is 87.5 Å². The maximum atomic E-state index is 3.98. The summed E-state index contributed by atoms with van der Waals surface area (Å²) in [5.74, 6) is 0. The van der Waals surface area contributed by atoms with Crippen LogP contribution in [0.3, 0.4) is 0 Å². The van der Waals surface area contributed by atoms with Gasteiger partial charge in [0.2, 0.25) is 0 Å². The predicted octanol–water partition coefficient (Wildman–Crippen LogP) is 14.7. The Hall–Kier alpha value is -7.42. The summed E-state index contributed by atoms with van der Waals surface area (Å²) in [5, 5.41) is 10.0. The van der Waals surface area contributed by atoms with Crippen molar-refractivity contribution in [2.24, 2.45) is 0 Å². The Bertz CT molecular complexity index is 3260. The minimum Gasteiger partial charge on any atom is -0.293 e. The SMILES string of the molecule is c1ccc(-c2ccc(-c3ccc(Cc4ccccc4Nn4c5ccc6ccccc6c5c5c6ccccc6c(-c6cccc7ccccc67)cc54)cc3)cc2)cc1.